The van der Waals surface area contributed by atoms with Crippen LogP contribution in [0.1, 0.15) is 22.8 Å². The molecule has 0 fully saturated rings. The lowest BCUT2D eigenvalue weighted by Crippen LogP contribution is -2.38. The number of sulfone groups is 1. The fourth-order valence-corrected chi connectivity index (χ4v) is 3.36. The Kier molecular flexibility index (Phi) is 5.95. The number of rotatable bonds is 6. The molecule has 2 aromatic carbocycles. The normalized spacial score (nSPS) is 13.7. The topological polar surface area (TPSA) is 92.7 Å². The molecule has 6 nitrogen and oxygen atoms in total. The van der Waals surface area contributed by atoms with Gasteiger partial charge < -0.3 is 15.2 Å². The van der Waals surface area contributed by atoms with E-state index in [1.807, 2.05) is 0 Å². The first-order chi connectivity index (χ1) is 12.0. The van der Waals surface area contributed by atoms with Gasteiger partial charge in [0.05, 0.1) is 13.7 Å². The smallest absolute Gasteiger partial charge is 0.251 e. The lowest BCUT2D eigenvalue weighted by atomic mass is 9.96. The summed E-state index contributed by atoms with van der Waals surface area (Å²) >= 11 is 5.83. The van der Waals surface area contributed by atoms with Crippen LogP contribution >= 0.6 is 11.6 Å². The van der Waals surface area contributed by atoms with Crippen molar-refractivity contribution in [2.45, 2.75) is 17.4 Å². The number of carbonyl (C=O) groups is 1. The van der Waals surface area contributed by atoms with Crippen molar-refractivity contribution in [3.05, 3.63) is 58.6 Å². The third-order valence-corrected chi connectivity index (χ3v) is 5.25. The second-order valence-electron chi connectivity index (χ2n) is 6.10. The minimum atomic E-state index is -3.56. The maximum Gasteiger partial charge on any atom is 0.251 e. The fraction of sp³-hybridized carbons (Fsp3) is 0.278. The number of ether oxygens (including phenoxy) is 1. The predicted molar refractivity (Wildman–Crippen MR) is 99.5 cm³/mol. The summed E-state index contributed by atoms with van der Waals surface area (Å²) in [5, 5.41) is 13.7. The van der Waals surface area contributed by atoms with Gasteiger partial charge in [0, 0.05) is 16.8 Å². The van der Waals surface area contributed by atoms with Gasteiger partial charge in [-0.2, -0.15) is 0 Å². The Hall–Kier alpha value is -2.09. The third kappa shape index (κ3) is 4.75. The van der Waals surface area contributed by atoms with Crippen LogP contribution < -0.4 is 10.1 Å². The van der Waals surface area contributed by atoms with Crippen LogP contribution in [0.2, 0.25) is 5.02 Å². The summed E-state index contributed by atoms with van der Waals surface area (Å²) in [5.41, 5.74) is -0.571. The van der Waals surface area contributed by atoms with Crippen LogP contribution in [0, 0.1) is 0 Å². The highest BCUT2D eigenvalue weighted by molar-refractivity contribution is 7.90. The van der Waals surface area contributed by atoms with Crippen LogP contribution in [0.4, 0.5) is 0 Å². The molecule has 0 aliphatic rings. The van der Waals surface area contributed by atoms with Gasteiger partial charge in [0.2, 0.25) is 0 Å². The van der Waals surface area contributed by atoms with Crippen LogP contribution in [0.25, 0.3) is 0 Å². The van der Waals surface area contributed by atoms with Crippen molar-refractivity contribution in [1.29, 1.82) is 0 Å². The molecule has 2 aromatic rings. The monoisotopic (exact) mass is 397 g/mol. The largest absolute Gasteiger partial charge is 0.495 e. The molecule has 0 aliphatic carbocycles. The van der Waals surface area contributed by atoms with Gasteiger partial charge in [-0.05, 0) is 42.8 Å². The van der Waals surface area contributed by atoms with Crippen molar-refractivity contribution >= 4 is 27.3 Å². The van der Waals surface area contributed by atoms with Gasteiger partial charge in [0.25, 0.3) is 5.91 Å². The zero-order chi connectivity index (χ0) is 19.5. The lowest BCUT2D eigenvalue weighted by Gasteiger charge is -2.24. The minimum absolute atomic E-state index is 0.0618. The molecule has 0 aliphatic heterocycles. The van der Waals surface area contributed by atoms with Crippen molar-refractivity contribution < 1.29 is 23.1 Å². The Morgan fingerprint density at radius 3 is 2.38 bits per heavy atom. The first kappa shape index (κ1) is 20.2. The summed E-state index contributed by atoms with van der Waals surface area (Å²) < 4.78 is 28.7. The molecule has 0 bridgehead atoms. The molecule has 0 heterocycles. The van der Waals surface area contributed by atoms with Crippen LogP contribution in [0.15, 0.2) is 47.4 Å². The van der Waals surface area contributed by atoms with E-state index in [2.05, 4.69) is 5.32 Å². The molecule has 0 radical (unpaired) electrons. The lowest BCUT2D eigenvalue weighted by molar-refractivity contribution is 0.0526. The Morgan fingerprint density at radius 1 is 1.23 bits per heavy atom. The average Bonchev–Trinajstić information content (AvgIpc) is 2.58. The molecule has 0 aromatic heterocycles. The summed E-state index contributed by atoms with van der Waals surface area (Å²) in [5.74, 6) is -0.344. The van der Waals surface area contributed by atoms with E-state index in [4.69, 9.17) is 16.3 Å². The molecular formula is C18H20ClNO5S. The maximum atomic E-state index is 12.4. The van der Waals surface area contributed by atoms with E-state index in [-0.39, 0.29) is 22.8 Å². The molecule has 0 saturated carbocycles. The molecule has 26 heavy (non-hydrogen) atoms. The van der Waals surface area contributed by atoms with Crippen LogP contribution in [0.3, 0.4) is 0 Å². The number of hydrogen-bond acceptors (Lipinski definition) is 5. The number of methoxy groups -OCH3 is 1. The number of hydrogen-bond donors (Lipinski definition) is 2. The van der Waals surface area contributed by atoms with Gasteiger partial charge >= 0.3 is 0 Å². The van der Waals surface area contributed by atoms with Gasteiger partial charge in [0.1, 0.15) is 16.2 Å². The third-order valence-electron chi connectivity index (χ3n) is 3.88. The van der Waals surface area contributed by atoms with Crippen molar-refractivity contribution in [2.24, 2.45) is 0 Å². The zero-order valence-corrected chi connectivity index (χ0v) is 16.2. The molecule has 1 atom stereocenters. The second kappa shape index (κ2) is 7.65. The van der Waals surface area contributed by atoms with Crippen LogP contribution in [-0.4, -0.2) is 39.3 Å². The van der Waals surface area contributed by atoms with Gasteiger partial charge in [-0.1, -0.05) is 23.7 Å². The Bertz CT molecular complexity index is 908. The SMILES string of the molecule is COc1ccc(C(=O)NCC(C)(O)c2ccc(Cl)cc2)cc1S(C)(=O)=O. The number of halogens is 1. The predicted octanol–water partition coefficient (Wildman–Crippen LogP) is 2.39. The van der Waals surface area contributed by atoms with E-state index in [0.29, 0.717) is 10.6 Å². The van der Waals surface area contributed by atoms with Gasteiger partial charge in [-0.3, -0.25) is 4.79 Å². The number of nitrogens with one attached hydrogen (secondary N) is 1. The maximum absolute atomic E-state index is 12.4. The molecule has 0 saturated heterocycles. The molecular weight excluding hydrogens is 378 g/mol. The first-order valence-electron chi connectivity index (χ1n) is 7.69. The minimum Gasteiger partial charge on any atom is -0.495 e. The van der Waals surface area contributed by atoms with E-state index in [1.165, 1.54) is 25.3 Å². The Labute approximate surface area is 157 Å². The molecule has 140 valence electrons. The van der Waals surface area contributed by atoms with Crippen LogP contribution in [-0.2, 0) is 15.4 Å². The standard InChI is InChI=1S/C18H20ClNO5S/c1-18(22,13-5-7-14(19)8-6-13)11-20-17(21)12-4-9-15(25-2)16(10-12)26(3,23)24/h4-10,22H,11H2,1-3H3,(H,20,21). The van der Waals surface area contributed by atoms with Crippen molar-refractivity contribution in [3.8, 4) is 5.75 Å². The summed E-state index contributed by atoms with van der Waals surface area (Å²) in [6.07, 6.45) is 1.04. The van der Waals surface area contributed by atoms with Crippen LogP contribution in [0.5, 0.6) is 5.75 Å². The molecule has 1 amide bonds. The van der Waals surface area contributed by atoms with Crippen molar-refractivity contribution in [1.82, 2.24) is 5.32 Å². The number of aliphatic hydroxyl groups is 1. The van der Waals surface area contributed by atoms with E-state index in [9.17, 15) is 18.3 Å². The summed E-state index contributed by atoms with van der Waals surface area (Å²) in [7, 11) is -2.20. The van der Waals surface area contributed by atoms with E-state index in [0.717, 1.165) is 6.26 Å². The number of carbonyl (C=O) groups excluding carboxylic acids is 1. The summed E-state index contributed by atoms with van der Waals surface area (Å²) in [6.45, 7) is 1.50. The Balaban J connectivity index is 2.18. The van der Waals surface area contributed by atoms with Gasteiger partial charge in [-0.25, -0.2) is 8.42 Å². The quantitative estimate of drug-likeness (QED) is 0.780. The molecule has 2 N–H and O–H groups in total. The van der Waals surface area contributed by atoms with Crippen molar-refractivity contribution in [2.75, 3.05) is 19.9 Å². The van der Waals surface area contributed by atoms with Gasteiger partial charge in [-0.15, -0.1) is 0 Å². The first-order valence-corrected chi connectivity index (χ1v) is 9.96. The average molecular weight is 398 g/mol. The zero-order valence-electron chi connectivity index (χ0n) is 14.6. The molecule has 2 rings (SSSR count). The number of amides is 1. The summed E-state index contributed by atoms with van der Waals surface area (Å²) in [4.78, 5) is 12.3. The fourth-order valence-electron chi connectivity index (χ4n) is 2.37. The highest BCUT2D eigenvalue weighted by atomic mass is 35.5. The highest BCUT2D eigenvalue weighted by Gasteiger charge is 2.24. The highest BCUT2D eigenvalue weighted by Crippen LogP contribution is 2.25. The second-order valence-corrected chi connectivity index (χ2v) is 8.52. The summed E-state index contributed by atoms with van der Waals surface area (Å²) in [6, 6.07) is 10.8. The van der Waals surface area contributed by atoms with Crippen molar-refractivity contribution in [3.63, 3.8) is 0 Å². The van der Waals surface area contributed by atoms with E-state index in [1.54, 1.807) is 31.2 Å². The molecule has 8 heteroatoms. The number of benzene rings is 2. The van der Waals surface area contributed by atoms with E-state index < -0.39 is 21.3 Å². The van der Waals surface area contributed by atoms with E-state index >= 15 is 0 Å². The Morgan fingerprint density at radius 2 is 1.85 bits per heavy atom. The van der Waals surface area contributed by atoms with Gasteiger partial charge in [0.15, 0.2) is 9.84 Å². The molecule has 0 spiro atoms. The molecule has 1 unspecified atom stereocenters.